The number of ketones is 1. The van der Waals surface area contributed by atoms with E-state index < -0.39 is 5.82 Å². The van der Waals surface area contributed by atoms with Crippen molar-refractivity contribution >= 4 is 40.3 Å². The summed E-state index contributed by atoms with van der Waals surface area (Å²) >= 11 is 1.23. The first kappa shape index (κ1) is 28.5. The quantitative estimate of drug-likeness (QED) is 0.105. The minimum absolute atomic E-state index is 0.0167. The first-order valence-electron chi connectivity index (χ1n) is 13.5. The fourth-order valence-corrected chi connectivity index (χ4v) is 5.59. The molecule has 0 saturated carbocycles. The number of nitrogens with one attached hydrogen (secondary N) is 3. The highest BCUT2D eigenvalue weighted by Crippen LogP contribution is 2.34. The molecule has 3 heterocycles. The molecule has 10 nitrogen and oxygen atoms in total. The van der Waals surface area contributed by atoms with Crippen LogP contribution in [0.1, 0.15) is 34.5 Å². The average Bonchev–Trinajstić information content (AvgIpc) is 3.61. The minimum atomic E-state index is -0.469. The number of rotatable bonds is 10. The van der Waals surface area contributed by atoms with Crippen molar-refractivity contribution in [1.29, 1.82) is 0 Å². The van der Waals surface area contributed by atoms with E-state index >= 15 is 0 Å². The Morgan fingerprint density at radius 3 is 2.72 bits per heavy atom. The topological polar surface area (TPSA) is 128 Å². The van der Waals surface area contributed by atoms with Gasteiger partial charge in [0.15, 0.2) is 17.3 Å². The number of carbonyl (C=O) groups excluding carboxylic acids is 1. The van der Waals surface area contributed by atoms with Gasteiger partial charge in [-0.15, -0.1) is 0 Å². The average molecular weight is 607 g/mol. The first-order valence-corrected chi connectivity index (χ1v) is 14.3. The predicted molar refractivity (Wildman–Crippen MR) is 161 cm³/mol. The highest BCUT2D eigenvalue weighted by atomic mass is 32.2. The molecule has 0 atom stereocenters. The van der Waals surface area contributed by atoms with Gasteiger partial charge in [-0.1, -0.05) is 12.1 Å². The first-order chi connectivity index (χ1) is 20.9. The number of H-pyrrole nitrogens is 1. The van der Waals surface area contributed by atoms with E-state index in [2.05, 4.69) is 24.5 Å². The number of carbonyl (C=O) groups is 1. The highest BCUT2D eigenvalue weighted by molar-refractivity contribution is 7.98. The minimum Gasteiger partial charge on any atom is -0.454 e. The number of hydrogen-bond acceptors (Lipinski definition) is 9. The van der Waals surface area contributed by atoms with Crippen molar-refractivity contribution in [3.8, 4) is 22.9 Å². The molecule has 1 aliphatic heterocycles. The van der Waals surface area contributed by atoms with Crippen LogP contribution in [-0.4, -0.2) is 39.8 Å². The molecule has 1 saturated heterocycles. The maximum Gasteiger partial charge on any atom is 0.214 e. The van der Waals surface area contributed by atoms with Crippen molar-refractivity contribution in [3.63, 3.8) is 0 Å². The Kier molecular flexibility index (Phi) is 8.18. The molecule has 222 valence electrons. The Morgan fingerprint density at radius 1 is 1.14 bits per heavy atom. The van der Waals surface area contributed by atoms with E-state index in [-0.39, 0.29) is 40.4 Å². The molecule has 0 bridgehead atoms. The number of nitrogens with two attached hydrogens (primary N) is 1. The van der Waals surface area contributed by atoms with Crippen LogP contribution >= 0.6 is 12.1 Å². The summed E-state index contributed by atoms with van der Waals surface area (Å²) < 4.78 is 46.3. The van der Waals surface area contributed by atoms with Crippen LogP contribution in [0.15, 0.2) is 66.9 Å². The molecule has 0 aliphatic carbocycles. The number of hydrogen-bond donors (Lipinski definition) is 4. The molecule has 1 aliphatic rings. The zero-order valence-corrected chi connectivity index (χ0v) is 23.8. The molecule has 5 aromatic rings. The number of benzene rings is 3. The number of anilines is 2. The van der Waals surface area contributed by atoms with Crippen LogP contribution < -0.4 is 24.9 Å². The number of aryl methyl sites for hydroxylation is 1. The molecule has 0 spiro atoms. The van der Waals surface area contributed by atoms with Gasteiger partial charge < -0.3 is 24.9 Å². The number of nitrogens with zero attached hydrogens (tertiary/aromatic N) is 2. The van der Waals surface area contributed by atoms with Gasteiger partial charge in [-0.3, -0.25) is 9.74 Å². The van der Waals surface area contributed by atoms with Gasteiger partial charge in [0, 0.05) is 46.8 Å². The van der Waals surface area contributed by atoms with Crippen LogP contribution in [0.2, 0.25) is 0 Å². The standard InChI is InChI=1S/C30H28F2N6O4S/c1-17-12-20(41-27-5-3-2-4-22(27)31)6-7-26(17)38-30(33)21(16-34-38)29(39)25-13-18-14-28(42-32)24(15-23(18)35-25)37-43-36-19-8-10-40-11-9-19/h2-7,12-16,19,35-37H,8-11,33H2,1H3. The van der Waals surface area contributed by atoms with Crippen molar-refractivity contribution < 1.29 is 28.1 Å². The summed E-state index contributed by atoms with van der Waals surface area (Å²) in [7, 11) is 0. The number of nitrogen functional groups attached to an aromatic ring is 1. The van der Waals surface area contributed by atoms with E-state index in [1.54, 1.807) is 48.5 Å². The number of fused-ring (bicyclic) bond motifs is 1. The third-order valence-corrected chi connectivity index (χ3v) is 7.94. The molecular formula is C30H28F2N6O4S. The summed E-state index contributed by atoms with van der Waals surface area (Å²) in [5, 5.41) is 4.93. The third-order valence-electron chi connectivity index (χ3n) is 7.17. The molecule has 13 heteroatoms. The van der Waals surface area contributed by atoms with Crippen molar-refractivity contribution in [3.05, 3.63) is 89.5 Å². The molecule has 43 heavy (non-hydrogen) atoms. The summed E-state index contributed by atoms with van der Waals surface area (Å²) in [5.74, 6) is -0.182. The zero-order chi connectivity index (χ0) is 29.9. The smallest absolute Gasteiger partial charge is 0.214 e. The number of aromatic nitrogens is 3. The molecule has 6 rings (SSSR count). The molecule has 1 fully saturated rings. The molecule has 2 aromatic heterocycles. The van der Waals surface area contributed by atoms with Crippen LogP contribution in [0, 0.1) is 12.7 Å². The lowest BCUT2D eigenvalue weighted by atomic mass is 10.1. The molecular weight excluding hydrogens is 578 g/mol. The fraction of sp³-hybridized carbons (Fsp3) is 0.200. The normalized spacial score (nSPS) is 13.7. The van der Waals surface area contributed by atoms with Crippen molar-refractivity contribution in [1.82, 2.24) is 19.5 Å². The molecule has 5 N–H and O–H groups in total. The Morgan fingerprint density at radius 2 is 1.95 bits per heavy atom. The zero-order valence-electron chi connectivity index (χ0n) is 23.0. The van der Waals surface area contributed by atoms with Crippen LogP contribution in [0.3, 0.4) is 0 Å². The van der Waals surface area contributed by atoms with E-state index in [4.69, 9.17) is 15.2 Å². The van der Waals surface area contributed by atoms with Crippen molar-refractivity contribution in [2.75, 3.05) is 23.7 Å². The van der Waals surface area contributed by atoms with Gasteiger partial charge >= 0.3 is 0 Å². The van der Waals surface area contributed by atoms with Gasteiger partial charge in [0.2, 0.25) is 5.78 Å². The predicted octanol–water partition coefficient (Wildman–Crippen LogP) is 6.41. The maximum atomic E-state index is 14.0. The second kappa shape index (κ2) is 12.3. The lowest BCUT2D eigenvalue weighted by Crippen LogP contribution is -2.31. The monoisotopic (exact) mass is 606 g/mol. The van der Waals surface area contributed by atoms with Gasteiger partial charge in [0.25, 0.3) is 0 Å². The van der Waals surface area contributed by atoms with Gasteiger partial charge in [0.1, 0.15) is 11.6 Å². The maximum absolute atomic E-state index is 14.0. The summed E-state index contributed by atoms with van der Waals surface area (Å²) in [6.07, 6.45) is 3.17. The van der Waals surface area contributed by atoms with Crippen molar-refractivity contribution in [2.45, 2.75) is 25.8 Å². The van der Waals surface area contributed by atoms with Gasteiger partial charge in [-0.05, 0) is 73.9 Å². The highest BCUT2D eigenvalue weighted by Gasteiger charge is 2.22. The third kappa shape index (κ3) is 6.00. The Bertz CT molecular complexity index is 1790. The summed E-state index contributed by atoms with van der Waals surface area (Å²) in [6, 6.07) is 16.3. The van der Waals surface area contributed by atoms with Crippen LogP contribution in [-0.2, 0) is 4.74 Å². The van der Waals surface area contributed by atoms with Crippen LogP contribution in [0.4, 0.5) is 20.4 Å². The van der Waals surface area contributed by atoms with Crippen molar-refractivity contribution in [2.24, 2.45) is 0 Å². The number of ether oxygens (including phenoxy) is 2. The number of halogens is 2. The molecule has 0 radical (unpaired) electrons. The summed E-state index contributed by atoms with van der Waals surface area (Å²) in [5.41, 5.74) is 9.20. The largest absolute Gasteiger partial charge is 0.454 e. The summed E-state index contributed by atoms with van der Waals surface area (Å²) in [6.45, 7) is 3.23. The molecule has 0 unspecified atom stereocenters. The van der Waals surface area contributed by atoms with E-state index in [0.717, 1.165) is 18.4 Å². The second-order valence-corrected chi connectivity index (χ2v) is 10.7. The Labute approximate surface area is 249 Å². The van der Waals surface area contributed by atoms with Gasteiger partial charge in [0.05, 0.1) is 28.8 Å². The Hall–Kier alpha value is -4.59. The summed E-state index contributed by atoms with van der Waals surface area (Å²) in [4.78, 5) is 20.7. The van der Waals surface area contributed by atoms with E-state index in [0.29, 0.717) is 41.2 Å². The number of aromatic amines is 1. The van der Waals surface area contributed by atoms with E-state index in [9.17, 15) is 13.7 Å². The molecule has 0 amide bonds. The van der Waals surface area contributed by atoms with Crippen LogP contribution in [0.25, 0.3) is 16.6 Å². The fourth-order valence-electron chi connectivity index (χ4n) is 4.86. The van der Waals surface area contributed by atoms with Gasteiger partial charge in [-0.25, -0.2) is 13.8 Å². The molecule has 3 aromatic carbocycles. The second-order valence-electron chi connectivity index (χ2n) is 10.1. The van der Waals surface area contributed by atoms with Gasteiger partial charge in [-0.2, -0.15) is 5.10 Å². The number of para-hydroxylation sites is 1. The Balaban J connectivity index is 1.20. The lowest BCUT2D eigenvalue weighted by Gasteiger charge is -2.22. The van der Waals surface area contributed by atoms with E-state index in [1.165, 1.54) is 35.1 Å². The van der Waals surface area contributed by atoms with E-state index in [1.807, 2.05) is 6.92 Å². The van der Waals surface area contributed by atoms with Crippen LogP contribution in [0.5, 0.6) is 17.2 Å². The SMILES string of the molecule is Cc1cc(Oc2ccccc2F)ccc1-n1ncc(C(=O)c2cc3cc(OF)c(NSNC4CCOCC4)cc3[nH]2)c1N. The lowest BCUT2D eigenvalue weighted by molar-refractivity contribution is -0.00504.